The standard InChI is InChI=1S/C9H10INO5/c10-2-4-6(13)7(14)8(16-4)3-1-5(12)11-9(3)15/h1,4,6-8,13-14H,2H2,(H,11,12,15)/t4-,6+,7+,8-/m0/s1. The monoisotopic (exact) mass is 339 g/mol. The van der Waals surface area contributed by atoms with Crippen molar-refractivity contribution in [2.45, 2.75) is 24.4 Å². The van der Waals surface area contributed by atoms with Crippen LogP contribution >= 0.6 is 22.6 Å². The number of ether oxygens (including phenoxy) is 1. The van der Waals surface area contributed by atoms with Gasteiger partial charge in [0, 0.05) is 10.5 Å². The zero-order valence-corrected chi connectivity index (χ0v) is 10.2. The van der Waals surface area contributed by atoms with Gasteiger partial charge in [0.2, 0.25) is 0 Å². The summed E-state index contributed by atoms with van der Waals surface area (Å²) in [5.41, 5.74) is 0.0731. The number of imide groups is 1. The highest BCUT2D eigenvalue weighted by molar-refractivity contribution is 14.1. The summed E-state index contributed by atoms with van der Waals surface area (Å²) in [6, 6.07) is 0. The summed E-state index contributed by atoms with van der Waals surface area (Å²) in [4.78, 5) is 22.3. The summed E-state index contributed by atoms with van der Waals surface area (Å²) >= 11 is 2.01. The van der Waals surface area contributed by atoms with Gasteiger partial charge in [0.15, 0.2) is 0 Å². The van der Waals surface area contributed by atoms with E-state index in [9.17, 15) is 19.8 Å². The summed E-state index contributed by atoms with van der Waals surface area (Å²) in [7, 11) is 0. The second-order valence-electron chi connectivity index (χ2n) is 3.65. The number of rotatable bonds is 2. The van der Waals surface area contributed by atoms with Crippen molar-refractivity contribution in [3.05, 3.63) is 11.6 Å². The third-order valence-corrected chi connectivity index (χ3v) is 3.47. The van der Waals surface area contributed by atoms with Crippen LogP contribution in [0, 0.1) is 0 Å². The van der Waals surface area contributed by atoms with Gasteiger partial charge in [-0.3, -0.25) is 14.9 Å². The fraction of sp³-hybridized carbons (Fsp3) is 0.556. The van der Waals surface area contributed by atoms with E-state index in [0.29, 0.717) is 4.43 Å². The summed E-state index contributed by atoms with van der Waals surface area (Å²) in [5, 5.41) is 21.4. The Labute approximate surface area is 105 Å². The lowest BCUT2D eigenvalue weighted by Crippen LogP contribution is -2.35. The van der Waals surface area contributed by atoms with Gasteiger partial charge < -0.3 is 14.9 Å². The Morgan fingerprint density at radius 2 is 2.06 bits per heavy atom. The molecule has 2 aliphatic heterocycles. The molecule has 0 radical (unpaired) electrons. The second-order valence-corrected chi connectivity index (χ2v) is 4.53. The van der Waals surface area contributed by atoms with Crippen LogP contribution in [0.3, 0.4) is 0 Å². The summed E-state index contributed by atoms with van der Waals surface area (Å²) < 4.78 is 5.84. The van der Waals surface area contributed by atoms with Crippen molar-refractivity contribution < 1.29 is 24.5 Å². The molecule has 3 N–H and O–H groups in total. The van der Waals surface area contributed by atoms with Crippen LogP contribution in [-0.2, 0) is 14.3 Å². The van der Waals surface area contributed by atoms with Crippen LogP contribution in [0.2, 0.25) is 0 Å². The fourth-order valence-electron chi connectivity index (χ4n) is 1.77. The fourth-order valence-corrected chi connectivity index (χ4v) is 2.50. The molecule has 6 nitrogen and oxygen atoms in total. The van der Waals surface area contributed by atoms with Crippen molar-refractivity contribution in [2.75, 3.05) is 4.43 Å². The van der Waals surface area contributed by atoms with Gasteiger partial charge in [-0.2, -0.15) is 0 Å². The van der Waals surface area contributed by atoms with Gasteiger partial charge in [-0.15, -0.1) is 0 Å². The smallest absolute Gasteiger partial charge is 0.256 e. The summed E-state index contributed by atoms with van der Waals surface area (Å²) in [6.45, 7) is 0. The van der Waals surface area contributed by atoms with Crippen LogP contribution < -0.4 is 5.32 Å². The molecule has 2 heterocycles. The number of alkyl halides is 1. The molecule has 1 saturated heterocycles. The molecule has 2 amide bonds. The Bertz CT molecular complexity index is 369. The lowest BCUT2D eigenvalue weighted by molar-refractivity contribution is -0.124. The van der Waals surface area contributed by atoms with E-state index in [1.165, 1.54) is 0 Å². The van der Waals surface area contributed by atoms with Crippen molar-refractivity contribution in [1.29, 1.82) is 0 Å². The first-order valence-electron chi connectivity index (χ1n) is 4.69. The molecule has 4 atom stereocenters. The van der Waals surface area contributed by atoms with Gasteiger partial charge in [0.25, 0.3) is 11.8 Å². The highest BCUT2D eigenvalue weighted by atomic mass is 127. The molecule has 1 fully saturated rings. The van der Waals surface area contributed by atoms with Gasteiger partial charge in [-0.25, -0.2) is 0 Å². The topological polar surface area (TPSA) is 95.9 Å². The number of amides is 2. The van der Waals surface area contributed by atoms with Gasteiger partial charge in [-0.05, 0) is 0 Å². The highest BCUT2D eigenvalue weighted by Gasteiger charge is 2.46. The minimum absolute atomic E-state index is 0.0731. The van der Waals surface area contributed by atoms with Crippen LogP contribution in [0.5, 0.6) is 0 Å². The number of nitrogens with one attached hydrogen (secondary N) is 1. The molecule has 0 bridgehead atoms. The molecule has 0 aliphatic carbocycles. The maximum Gasteiger partial charge on any atom is 0.256 e. The molecule has 0 saturated carbocycles. The maximum atomic E-state index is 11.3. The normalized spacial score (nSPS) is 38.8. The molecule has 7 heteroatoms. The van der Waals surface area contributed by atoms with Crippen molar-refractivity contribution in [3.63, 3.8) is 0 Å². The number of halogens is 1. The molecular formula is C9H10INO5. The minimum atomic E-state index is -1.18. The van der Waals surface area contributed by atoms with Crippen molar-refractivity contribution >= 4 is 34.4 Å². The number of carbonyl (C=O) groups is 2. The molecular weight excluding hydrogens is 329 g/mol. The van der Waals surface area contributed by atoms with Gasteiger partial charge in [-0.1, -0.05) is 22.6 Å². The van der Waals surface area contributed by atoms with Crippen LogP contribution in [0.25, 0.3) is 0 Å². The molecule has 16 heavy (non-hydrogen) atoms. The van der Waals surface area contributed by atoms with E-state index in [1.54, 1.807) is 0 Å². The van der Waals surface area contributed by atoms with Gasteiger partial charge in [0.05, 0.1) is 11.7 Å². The lowest BCUT2D eigenvalue weighted by Gasteiger charge is -2.13. The number of carbonyl (C=O) groups excluding carboxylic acids is 2. The molecule has 0 spiro atoms. The van der Waals surface area contributed by atoms with Gasteiger partial charge in [0.1, 0.15) is 18.3 Å². The Hall–Kier alpha value is -0.510. The number of aliphatic hydroxyl groups excluding tert-OH is 2. The molecule has 88 valence electrons. The van der Waals surface area contributed by atoms with Crippen LogP contribution in [0.1, 0.15) is 0 Å². The first-order chi connectivity index (χ1) is 7.54. The average Bonchev–Trinajstić information content (AvgIpc) is 2.70. The predicted molar refractivity (Wildman–Crippen MR) is 60.8 cm³/mol. The zero-order valence-electron chi connectivity index (χ0n) is 8.09. The lowest BCUT2D eigenvalue weighted by atomic mass is 10.0. The third kappa shape index (κ3) is 1.88. The maximum absolute atomic E-state index is 11.3. The Balaban J connectivity index is 2.20. The van der Waals surface area contributed by atoms with E-state index < -0.39 is 36.2 Å². The average molecular weight is 339 g/mol. The summed E-state index contributed by atoms with van der Waals surface area (Å²) in [5.74, 6) is -1.10. The van der Waals surface area contributed by atoms with E-state index in [4.69, 9.17) is 4.74 Å². The molecule has 0 aromatic carbocycles. The first-order valence-corrected chi connectivity index (χ1v) is 6.21. The first kappa shape index (κ1) is 12.0. The molecule has 2 aliphatic rings. The Morgan fingerprint density at radius 1 is 1.38 bits per heavy atom. The van der Waals surface area contributed by atoms with Crippen molar-refractivity contribution in [1.82, 2.24) is 5.32 Å². The van der Waals surface area contributed by atoms with E-state index in [0.717, 1.165) is 6.08 Å². The molecule has 0 aromatic heterocycles. The van der Waals surface area contributed by atoms with E-state index in [2.05, 4.69) is 5.32 Å². The third-order valence-electron chi connectivity index (χ3n) is 2.61. The Kier molecular flexibility index (Phi) is 3.29. The second kappa shape index (κ2) is 4.40. The van der Waals surface area contributed by atoms with Crippen LogP contribution in [0.15, 0.2) is 11.6 Å². The minimum Gasteiger partial charge on any atom is -0.388 e. The van der Waals surface area contributed by atoms with Crippen molar-refractivity contribution in [2.24, 2.45) is 0 Å². The highest BCUT2D eigenvalue weighted by Crippen LogP contribution is 2.28. The van der Waals surface area contributed by atoms with Crippen molar-refractivity contribution in [3.8, 4) is 0 Å². The van der Waals surface area contributed by atoms with E-state index in [1.807, 2.05) is 22.6 Å². The molecule has 0 unspecified atom stereocenters. The predicted octanol–water partition coefficient (Wildman–Crippen LogP) is -1.51. The number of hydrogen-bond donors (Lipinski definition) is 3. The van der Waals surface area contributed by atoms with Crippen LogP contribution in [0.4, 0.5) is 0 Å². The number of hydrogen-bond acceptors (Lipinski definition) is 5. The van der Waals surface area contributed by atoms with E-state index >= 15 is 0 Å². The molecule has 2 rings (SSSR count). The summed E-state index contributed by atoms with van der Waals surface area (Å²) in [6.07, 6.45) is -2.57. The van der Waals surface area contributed by atoms with E-state index in [-0.39, 0.29) is 5.57 Å². The molecule has 0 aromatic rings. The number of aliphatic hydroxyl groups is 2. The van der Waals surface area contributed by atoms with Crippen LogP contribution in [-0.4, -0.2) is 50.9 Å². The quantitative estimate of drug-likeness (QED) is 0.323. The SMILES string of the molecule is O=C1C=C([C@@H]2O[C@@H](CI)[C@@H](O)[C@H]2O)C(=O)N1. The Morgan fingerprint density at radius 3 is 2.50 bits per heavy atom. The largest absolute Gasteiger partial charge is 0.388 e. The zero-order chi connectivity index (χ0) is 11.9. The van der Waals surface area contributed by atoms with Gasteiger partial charge >= 0.3 is 0 Å².